The van der Waals surface area contributed by atoms with Gasteiger partial charge in [-0.3, -0.25) is 4.79 Å². The summed E-state index contributed by atoms with van der Waals surface area (Å²) in [6, 6.07) is 0. The van der Waals surface area contributed by atoms with Gasteiger partial charge in [0.05, 0.1) is 7.11 Å². The van der Waals surface area contributed by atoms with Crippen LogP contribution in [-0.4, -0.2) is 23.2 Å². The Bertz CT molecular complexity index is 138. The highest BCUT2D eigenvalue weighted by Crippen LogP contribution is 2.05. The molecule has 0 aromatic heterocycles. The van der Waals surface area contributed by atoms with E-state index in [0.717, 1.165) is 0 Å². The summed E-state index contributed by atoms with van der Waals surface area (Å²) in [4.78, 5) is 10.2. The zero-order chi connectivity index (χ0) is 7.98. The number of thioether (sulfide) groups is 1. The minimum Gasteiger partial charge on any atom is -0.482 e. The Morgan fingerprint density at radius 3 is 2.80 bits per heavy atom. The van der Waals surface area contributed by atoms with Gasteiger partial charge in [-0.15, -0.1) is 0 Å². The van der Waals surface area contributed by atoms with Crippen LogP contribution in [0, 0.1) is 0 Å². The Balaban J connectivity index is 3.20. The van der Waals surface area contributed by atoms with Crippen molar-refractivity contribution in [2.24, 2.45) is 5.73 Å². The Hall–Kier alpha value is -0.290. The number of methoxy groups -OCH3 is 1. The van der Waals surface area contributed by atoms with Crippen LogP contribution in [0.2, 0.25) is 0 Å². The van der Waals surface area contributed by atoms with Crippen LogP contribution in [0.5, 0.6) is 0 Å². The summed E-state index contributed by atoms with van der Waals surface area (Å²) in [5, 5.41) is 0. The number of carbonyl (C=O) groups is 1. The molecule has 0 aromatic carbocycles. The third-order valence-corrected chi connectivity index (χ3v) is 2.07. The first-order chi connectivity index (χ1) is 4.66. The molecule has 0 rings (SSSR count). The molecule has 3 nitrogen and oxygen atoms in total. The van der Waals surface area contributed by atoms with Crippen LogP contribution in [0.1, 0.15) is 6.42 Å². The largest absolute Gasteiger partial charge is 0.482 e. The molecule has 0 aliphatic heterocycles. The van der Waals surface area contributed by atoms with Crippen LogP contribution in [0.15, 0.2) is 0 Å². The summed E-state index contributed by atoms with van der Waals surface area (Å²) >= 11 is 6.01. The number of nitrogens with two attached hydrogens (primary N) is 1. The predicted octanol–water partition coefficient (Wildman–Crippen LogP) is 0.526. The topological polar surface area (TPSA) is 52.3 Å². The van der Waals surface area contributed by atoms with E-state index in [4.69, 9.17) is 18.0 Å². The van der Waals surface area contributed by atoms with E-state index in [2.05, 4.69) is 4.74 Å². The van der Waals surface area contributed by atoms with Crippen LogP contribution in [-0.2, 0) is 9.53 Å². The van der Waals surface area contributed by atoms with E-state index in [1.165, 1.54) is 18.9 Å². The van der Waals surface area contributed by atoms with Crippen molar-refractivity contribution < 1.29 is 9.53 Å². The molecule has 0 aromatic rings. The summed E-state index contributed by atoms with van der Waals surface area (Å²) in [6.07, 6.45) is 0.341. The Morgan fingerprint density at radius 2 is 2.40 bits per heavy atom. The summed E-state index contributed by atoms with van der Waals surface area (Å²) < 4.78 is 5.12. The van der Waals surface area contributed by atoms with E-state index >= 15 is 0 Å². The van der Waals surface area contributed by atoms with Gasteiger partial charge in [0.1, 0.15) is 0 Å². The Morgan fingerprint density at radius 1 is 1.80 bits per heavy atom. The second-order valence-corrected chi connectivity index (χ2v) is 3.22. The van der Waals surface area contributed by atoms with Crippen LogP contribution in [0.3, 0.4) is 0 Å². The van der Waals surface area contributed by atoms with Crippen molar-refractivity contribution in [1.29, 1.82) is 0 Å². The van der Waals surface area contributed by atoms with Crippen molar-refractivity contribution in [2.45, 2.75) is 6.42 Å². The molecular weight excluding hydrogens is 170 g/mol. The number of rotatable bonds is 3. The lowest BCUT2D eigenvalue weighted by atomic mass is 10.5. The third-order valence-electron chi connectivity index (χ3n) is 0.735. The molecule has 0 unspecified atom stereocenters. The number of carbonyl (C=O) groups excluding carboxylic acids is 1. The lowest BCUT2D eigenvalue weighted by Crippen LogP contribution is -2.11. The van der Waals surface area contributed by atoms with Crippen molar-refractivity contribution in [1.82, 2.24) is 0 Å². The molecular formula is C5H9NO2S2. The molecule has 0 atom stereocenters. The van der Waals surface area contributed by atoms with Gasteiger partial charge in [-0.2, -0.15) is 0 Å². The normalized spacial score (nSPS) is 8.90. The maximum Gasteiger partial charge on any atom is 0.219 e. The molecule has 0 radical (unpaired) electrons. The maximum atomic E-state index is 10.2. The van der Waals surface area contributed by atoms with E-state index in [1.54, 1.807) is 0 Å². The van der Waals surface area contributed by atoms with Crippen LogP contribution in [0.4, 0.5) is 0 Å². The summed E-state index contributed by atoms with van der Waals surface area (Å²) in [5.41, 5.74) is 4.88. The smallest absolute Gasteiger partial charge is 0.219 e. The fourth-order valence-corrected chi connectivity index (χ4v) is 1.13. The number of ether oxygens (including phenoxy) is 1. The Kier molecular flexibility index (Phi) is 5.33. The van der Waals surface area contributed by atoms with Crippen LogP contribution in [0.25, 0.3) is 0 Å². The lowest BCUT2D eigenvalue weighted by Gasteiger charge is -1.98. The van der Waals surface area contributed by atoms with Gasteiger partial charge in [-0.1, -0.05) is 11.8 Å². The van der Waals surface area contributed by atoms with Gasteiger partial charge in [-0.05, 0) is 12.2 Å². The maximum absolute atomic E-state index is 10.2. The average Bonchev–Trinajstić information content (AvgIpc) is 1.87. The van der Waals surface area contributed by atoms with E-state index in [1.807, 2.05) is 0 Å². The molecule has 0 bridgehead atoms. The Labute approximate surface area is 69.3 Å². The van der Waals surface area contributed by atoms with E-state index < -0.39 is 0 Å². The molecule has 2 N–H and O–H groups in total. The van der Waals surface area contributed by atoms with Gasteiger partial charge in [0.15, 0.2) is 0 Å². The molecule has 0 spiro atoms. The second kappa shape index (κ2) is 5.49. The highest BCUT2D eigenvalue weighted by Gasteiger charge is 1.97. The molecule has 0 saturated carbocycles. The average molecular weight is 179 g/mol. The molecule has 0 aliphatic rings. The highest BCUT2D eigenvalue weighted by molar-refractivity contribution is 8.22. The van der Waals surface area contributed by atoms with E-state index in [0.29, 0.717) is 16.6 Å². The quantitative estimate of drug-likeness (QED) is 0.642. The molecule has 0 fully saturated rings. The molecule has 5 heteroatoms. The number of primary amides is 1. The number of hydrogen-bond acceptors (Lipinski definition) is 4. The first-order valence-electron chi connectivity index (χ1n) is 2.66. The van der Waals surface area contributed by atoms with Crippen molar-refractivity contribution in [3.05, 3.63) is 0 Å². The van der Waals surface area contributed by atoms with E-state index in [9.17, 15) is 4.79 Å². The van der Waals surface area contributed by atoms with Crippen molar-refractivity contribution in [3.8, 4) is 0 Å². The SMILES string of the molecule is COC(=S)SCCC(N)=O. The monoisotopic (exact) mass is 179 g/mol. The summed E-state index contributed by atoms with van der Waals surface area (Å²) in [5.74, 6) is 0.286. The fraction of sp³-hybridized carbons (Fsp3) is 0.600. The minimum absolute atomic E-state index is 0.314. The molecule has 10 heavy (non-hydrogen) atoms. The molecule has 0 saturated heterocycles. The van der Waals surface area contributed by atoms with Gasteiger partial charge in [0.25, 0.3) is 0 Å². The zero-order valence-corrected chi connectivity index (χ0v) is 7.26. The number of hydrogen-bond donors (Lipinski definition) is 1. The summed E-state index contributed by atoms with van der Waals surface area (Å²) in [7, 11) is 1.50. The molecule has 0 heterocycles. The second-order valence-electron chi connectivity index (χ2n) is 1.52. The third kappa shape index (κ3) is 5.84. The van der Waals surface area contributed by atoms with Crippen molar-refractivity contribution in [2.75, 3.05) is 12.9 Å². The first kappa shape index (κ1) is 9.71. The molecule has 0 aliphatic carbocycles. The summed E-state index contributed by atoms with van der Waals surface area (Å²) in [6.45, 7) is 0. The standard InChI is InChI=1S/C5H9NO2S2/c1-8-5(9)10-3-2-4(6)7/h2-3H2,1H3,(H2,6,7). The van der Waals surface area contributed by atoms with Gasteiger partial charge in [0.2, 0.25) is 10.3 Å². The van der Waals surface area contributed by atoms with Crippen molar-refractivity contribution >= 4 is 34.3 Å². The number of amides is 1. The predicted molar refractivity (Wildman–Crippen MR) is 45.9 cm³/mol. The number of thiocarbonyl (C=S) groups is 1. The van der Waals surface area contributed by atoms with E-state index in [-0.39, 0.29) is 5.91 Å². The highest BCUT2D eigenvalue weighted by atomic mass is 32.2. The van der Waals surface area contributed by atoms with Gasteiger partial charge < -0.3 is 10.5 Å². The van der Waals surface area contributed by atoms with Crippen LogP contribution < -0.4 is 5.73 Å². The van der Waals surface area contributed by atoms with Crippen LogP contribution >= 0.6 is 24.0 Å². The zero-order valence-electron chi connectivity index (χ0n) is 5.62. The lowest BCUT2D eigenvalue weighted by molar-refractivity contribution is -0.117. The minimum atomic E-state index is -0.314. The molecule has 58 valence electrons. The first-order valence-corrected chi connectivity index (χ1v) is 4.05. The van der Waals surface area contributed by atoms with Gasteiger partial charge in [0, 0.05) is 12.2 Å². The van der Waals surface area contributed by atoms with Crippen molar-refractivity contribution in [3.63, 3.8) is 0 Å². The molecule has 1 amide bonds. The fourth-order valence-electron chi connectivity index (χ4n) is 0.294. The van der Waals surface area contributed by atoms with Gasteiger partial charge >= 0.3 is 0 Å². The van der Waals surface area contributed by atoms with Gasteiger partial charge in [-0.25, -0.2) is 0 Å².